The van der Waals surface area contributed by atoms with Crippen LogP contribution in [-0.4, -0.2) is 19.3 Å². The van der Waals surface area contributed by atoms with Crippen LogP contribution in [-0.2, 0) is 11.3 Å². The summed E-state index contributed by atoms with van der Waals surface area (Å²) < 4.78 is 18.8. The normalized spacial score (nSPS) is 16.3. The van der Waals surface area contributed by atoms with Crippen molar-refractivity contribution in [2.24, 2.45) is 0 Å². The molecule has 1 aromatic rings. The predicted molar refractivity (Wildman–Crippen MR) is 71.1 cm³/mol. The summed E-state index contributed by atoms with van der Waals surface area (Å²) in [5.41, 5.74) is 2.15. The number of hydrogen-bond donors (Lipinski definition) is 1. The Balaban J connectivity index is 1.64. The number of hydrogen-bond acceptors (Lipinski definition) is 2. The molecular formula is C15H22FNO. The Hall–Kier alpha value is -0.930. The van der Waals surface area contributed by atoms with Gasteiger partial charge in [0.05, 0.1) is 12.7 Å². The van der Waals surface area contributed by atoms with Crippen LogP contribution in [0.2, 0.25) is 0 Å². The number of aryl methyl sites for hydroxylation is 1. The first-order valence-electron chi connectivity index (χ1n) is 6.83. The summed E-state index contributed by atoms with van der Waals surface area (Å²) >= 11 is 0. The van der Waals surface area contributed by atoms with Crippen LogP contribution < -0.4 is 5.32 Å². The maximum absolute atomic E-state index is 13.1. The first-order valence-corrected chi connectivity index (χ1v) is 6.83. The fraction of sp³-hybridized carbons (Fsp3) is 0.600. The smallest absolute Gasteiger partial charge is 0.123 e. The molecule has 0 spiro atoms. The molecule has 0 amide bonds. The standard InChI is InChI=1S/C15H22FNO/c1-12-6-7-14(16)10-13(12)11-17-8-9-18-15-4-2-3-5-15/h6-7,10,15,17H,2-5,8-9,11H2,1H3. The van der Waals surface area contributed by atoms with Crippen molar-refractivity contribution in [3.63, 3.8) is 0 Å². The Morgan fingerprint density at radius 3 is 2.89 bits per heavy atom. The fourth-order valence-electron chi connectivity index (χ4n) is 2.41. The lowest BCUT2D eigenvalue weighted by atomic mass is 10.1. The minimum atomic E-state index is -0.167. The molecule has 0 radical (unpaired) electrons. The van der Waals surface area contributed by atoms with Crippen molar-refractivity contribution >= 4 is 0 Å². The van der Waals surface area contributed by atoms with E-state index in [9.17, 15) is 4.39 Å². The van der Waals surface area contributed by atoms with E-state index in [1.807, 2.05) is 13.0 Å². The number of halogens is 1. The van der Waals surface area contributed by atoms with Gasteiger partial charge in [-0.3, -0.25) is 0 Å². The highest BCUT2D eigenvalue weighted by Crippen LogP contribution is 2.20. The molecule has 1 N–H and O–H groups in total. The second kappa shape index (κ2) is 6.86. The van der Waals surface area contributed by atoms with Gasteiger partial charge in [0, 0.05) is 13.1 Å². The zero-order valence-electron chi connectivity index (χ0n) is 11.0. The molecule has 0 unspecified atom stereocenters. The Kier molecular flexibility index (Phi) is 5.14. The first-order chi connectivity index (χ1) is 8.75. The van der Waals surface area contributed by atoms with Gasteiger partial charge in [0.2, 0.25) is 0 Å². The van der Waals surface area contributed by atoms with Crippen molar-refractivity contribution in [2.45, 2.75) is 45.3 Å². The molecule has 1 saturated carbocycles. The van der Waals surface area contributed by atoms with Gasteiger partial charge in [-0.2, -0.15) is 0 Å². The van der Waals surface area contributed by atoms with Gasteiger partial charge in [-0.15, -0.1) is 0 Å². The van der Waals surface area contributed by atoms with Gasteiger partial charge in [-0.1, -0.05) is 18.9 Å². The maximum atomic E-state index is 13.1. The van der Waals surface area contributed by atoms with Crippen LogP contribution in [0.25, 0.3) is 0 Å². The molecule has 0 bridgehead atoms. The second-order valence-electron chi connectivity index (χ2n) is 5.02. The molecule has 2 nitrogen and oxygen atoms in total. The molecule has 1 aliphatic rings. The third kappa shape index (κ3) is 4.07. The molecule has 18 heavy (non-hydrogen) atoms. The molecular weight excluding hydrogens is 229 g/mol. The van der Waals surface area contributed by atoms with E-state index in [1.54, 1.807) is 6.07 Å². The Morgan fingerprint density at radius 1 is 1.33 bits per heavy atom. The summed E-state index contributed by atoms with van der Waals surface area (Å²) in [5, 5.41) is 3.30. The Morgan fingerprint density at radius 2 is 2.11 bits per heavy atom. The van der Waals surface area contributed by atoms with E-state index in [2.05, 4.69) is 5.32 Å². The van der Waals surface area contributed by atoms with E-state index in [0.29, 0.717) is 12.6 Å². The summed E-state index contributed by atoms with van der Waals surface area (Å²) in [5.74, 6) is -0.167. The molecule has 2 rings (SSSR count). The topological polar surface area (TPSA) is 21.3 Å². The summed E-state index contributed by atoms with van der Waals surface area (Å²) in [6.07, 6.45) is 5.51. The molecule has 1 aliphatic carbocycles. The van der Waals surface area contributed by atoms with Crippen LogP contribution in [0.1, 0.15) is 36.8 Å². The molecule has 0 heterocycles. The van der Waals surface area contributed by atoms with Gasteiger partial charge in [0.15, 0.2) is 0 Å². The van der Waals surface area contributed by atoms with E-state index in [1.165, 1.54) is 31.7 Å². The largest absolute Gasteiger partial charge is 0.377 e. The van der Waals surface area contributed by atoms with Crippen LogP contribution in [0.4, 0.5) is 4.39 Å². The monoisotopic (exact) mass is 251 g/mol. The van der Waals surface area contributed by atoms with E-state index >= 15 is 0 Å². The van der Waals surface area contributed by atoms with E-state index in [0.717, 1.165) is 24.3 Å². The molecule has 0 aliphatic heterocycles. The van der Waals surface area contributed by atoms with Crippen molar-refractivity contribution in [3.05, 3.63) is 35.1 Å². The van der Waals surface area contributed by atoms with Crippen molar-refractivity contribution in [2.75, 3.05) is 13.2 Å². The molecule has 0 saturated heterocycles. The summed E-state index contributed by atoms with van der Waals surface area (Å²) in [7, 11) is 0. The zero-order chi connectivity index (χ0) is 12.8. The van der Waals surface area contributed by atoms with E-state index in [4.69, 9.17) is 4.74 Å². The van der Waals surface area contributed by atoms with Crippen LogP contribution in [0.5, 0.6) is 0 Å². The van der Waals surface area contributed by atoms with Crippen molar-refractivity contribution in [1.29, 1.82) is 0 Å². The predicted octanol–water partition coefficient (Wildman–Crippen LogP) is 3.18. The third-order valence-corrected chi connectivity index (χ3v) is 3.56. The molecule has 3 heteroatoms. The fourth-order valence-corrected chi connectivity index (χ4v) is 2.41. The lowest BCUT2D eigenvalue weighted by Gasteiger charge is -2.12. The minimum Gasteiger partial charge on any atom is -0.377 e. The van der Waals surface area contributed by atoms with Crippen LogP contribution in [0.15, 0.2) is 18.2 Å². The van der Waals surface area contributed by atoms with Crippen molar-refractivity contribution < 1.29 is 9.13 Å². The zero-order valence-corrected chi connectivity index (χ0v) is 11.0. The summed E-state index contributed by atoms with van der Waals surface area (Å²) in [6, 6.07) is 4.92. The van der Waals surface area contributed by atoms with Gasteiger partial charge >= 0.3 is 0 Å². The molecule has 1 fully saturated rings. The maximum Gasteiger partial charge on any atom is 0.123 e. The van der Waals surface area contributed by atoms with Gasteiger partial charge < -0.3 is 10.1 Å². The highest BCUT2D eigenvalue weighted by molar-refractivity contribution is 5.26. The molecule has 0 aromatic heterocycles. The average Bonchev–Trinajstić information content (AvgIpc) is 2.86. The Bertz CT molecular complexity index is 375. The third-order valence-electron chi connectivity index (χ3n) is 3.56. The average molecular weight is 251 g/mol. The number of nitrogens with one attached hydrogen (secondary N) is 1. The second-order valence-corrected chi connectivity index (χ2v) is 5.02. The van der Waals surface area contributed by atoms with Crippen molar-refractivity contribution in [1.82, 2.24) is 5.32 Å². The summed E-state index contributed by atoms with van der Waals surface area (Å²) in [4.78, 5) is 0. The number of ether oxygens (including phenoxy) is 1. The summed E-state index contributed by atoms with van der Waals surface area (Å²) in [6.45, 7) is 4.29. The Labute approximate surface area is 109 Å². The molecule has 100 valence electrons. The number of benzene rings is 1. The quantitative estimate of drug-likeness (QED) is 0.784. The number of rotatable bonds is 6. The van der Waals surface area contributed by atoms with Crippen LogP contribution in [0, 0.1) is 12.7 Å². The SMILES string of the molecule is Cc1ccc(F)cc1CNCCOC1CCCC1. The highest BCUT2D eigenvalue weighted by atomic mass is 19.1. The van der Waals surface area contributed by atoms with Gasteiger partial charge in [-0.05, 0) is 43.0 Å². The lowest BCUT2D eigenvalue weighted by Crippen LogP contribution is -2.22. The minimum absolute atomic E-state index is 0.167. The lowest BCUT2D eigenvalue weighted by molar-refractivity contribution is 0.0602. The van der Waals surface area contributed by atoms with E-state index in [-0.39, 0.29) is 5.82 Å². The van der Waals surface area contributed by atoms with Gasteiger partial charge in [0.25, 0.3) is 0 Å². The molecule has 1 aromatic carbocycles. The van der Waals surface area contributed by atoms with Gasteiger partial charge in [0.1, 0.15) is 5.82 Å². The highest BCUT2D eigenvalue weighted by Gasteiger charge is 2.14. The van der Waals surface area contributed by atoms with Crippen LogP contribution >= 0.6 is 0 Å². The van der Waals surface area contributed by atoms with E-state index < -0.39 is 0 Å². The van der Waals surface area contributed by atoms with Gasteiger partial charge in [-0.25, -0.2) is 4.39 Å². The molecule has 0 atom stereocenters. The van der Waals surface area contributed by atoms with Crippen molar-refractivity contribution in [3.8, 4) is 0 Å². The van der Waals surface area contributed by atoms with Crippen LogP contribution in [0.3, 0.4) is 0 Å². The first kappa shape index (κ1) is 13.5.